The van der Waals surface area contributed by atoms with Crippen LogP contribution in [0, 0.1) is 0 Å². The van der Waals surface area contributed by atoms with Crippen molar-refractivity contribution in [1.29, 1.82) is 0 Å². The Kier molecular flexibility index (Phi) is 4.67. The Balaban J connectivity index is 1.53. The van der Waals surface area contributed by atoms with Crippen LogP contribution in [0.5, 0.6) is 0 Å². The zero-order valence-electron chi connectivity index (χ0n) is 15.7. The smallest absolute Gasteiger partial charge is 0.276 e. The number of carbonyl (C=O) groups excluding carboxylic acids is 1. The van der Waals surface area contributed by atoms with E-state index >= 15 is 0 Å². The number of carbonyl (C=O) groups is 1. The molecular formula is C21H21N5O2. The van der Waals surface area contributed by atoms with Crippen molar-refractivity contribution < 1.29 is 9.90 Å². The molecule has 1 aromatic heterocycles. The second-order valence-corrected chi connectivity index (χ2v) is 6.72. The fourth-order valence-corrected chi connectivity index (χ4v) is 3.17. The van der Waals surface area contributed by atoms with Gasteiger partial charge in [0.1, 0.15) is 5.70 Å². The summed E-state index contributed by atoms with van der Waals surface area (Å²) in [5.41, 5.74) is 3.16. The molecule has 2 aromatic carbocycles. The predicted molar refractivity (Wildman–Crippen MR) is 108 cm³/mol. The van der Waals surface area contributed by atoms with Crippen molar-refractivity contribution in [3.05, 3.63) is 71.6 Å². The number of guanidine groups is 1. The molecule has 0 bridgehead atoms. The molecule has 1 aliphatic heterocycles. The van der Waals surface area contributed by atoms with Crippen LogP contribution < -0.4 is 5.32 Å². The van der Waals surface area contributed by atoms with Crippen LogP contribution in [0.4, 0.5) is 0 Å². The number of hydrogen-bond acceptors (Lipinski definition) is 4. The Bertz CT molecular complexity index is 1080. The highest BCUT2D eigenvalue weighted by molar-refractivity contribution is 6.15. The third-order valence-electron chi connectivity index (χ3n) is 4.78. The van der Waals surface area contributed by atoms with Gasteiger partial charge in [0.15, 0.2) is 0 Å². The van der Waals surface area contributed by atoms with Gasteiger partial charge in [0.2, 0.25) is 5.96 Å². The highest BCUT2D eigenvalue weighted by atomic mass is 16.3. The fraction of sp³-hybridized carbons (Fsp3) is 0.190. The van der Waals surface area contributed by atoms with Crippen LogP contribution in [-0.2, 0) is 11.8 Å². The number of hydrogen-bond donors (Lipinski definition) is 2. The van der Waals surface area contributed by atoms with E-state index in [0.29, 0.717) is 11.7 Å². The monoisotopic (exact) mass is 375 g/mol. The summed E-state index contributed by atoms with van der Waals surface area (Å²) in [6.07, 6.45) is 2.87. The molecule has 1 atom stereocenters. The summed E-state index contributed by atoms with van der Waals surface area (Å²) in [5.74, 6) is 0.257. The second kappa shape index (κ2) is 7.28. The van der Waals surface area contributed by atoms with Gasteiger partial charge in [0.05, 0.1) is 24.4 Å². The zero-order valence-corrected chi connectivity index (χ0v) is 15.7. The van der Waals surface area contributed by atoms with Crippen LogP contribution in [0.15, 0.2) is 65.4 Å². The second-order valence-electron chi connectivity index (χ2n) is 6.72. The number of nitrogens with one attached hydrogen (secondary N) is 1. The maximum atomic E-state index is 12.5. The average molecular weight is 375 g/mol. The van der Waals surface area contributed by atoms with Gasteiger partial charge in [-0.3, -0.25) is 14.4 Å². The van der Waals surface area contributed by atoms with E-state index in [9.17, 15) is 9.90 Å². The minimum absolute atomic E-state index is 0.166. The van der Waals surface area contributed by atoms with Gasteiger partial charge in [0.25, 0.3) is 5.91 Å². The lowest BCUT2D eigenvalue weighted by Gasteiger charge is -2.11. The van der Waals surface area contributed by atoms with E-state index < -0.39 is 6.10 Å². The fourth-order valence-electron chi connectivity index (χ4n) is 3.17. The Morgan fingerprint density at radius 1 is 1.21 bits per heavy atom. The summed E-state index contributed by atoms with van der Waals surface area (Å²) >= 11 is 0. The highest BCUT2D eigenvalue weighted by Gasteiger charge is 2.28. The molecule has 28 heavy (non-hydrogen) atoms. The van der Waals surface area contributed by atoms with E-state index in [1.54, 1.807) is 19.3 Å². The molecule has 0 radical (unpaired) electrons. The van der Waals surface area contributed by atoms with E-state index in [0.717, 1.165) is 22.0 Å². The van der Waals surface area contributed by atoms with E-state index in [2.05, 4.69) is 15.4 Å². The molecule has 142 valence electrons. The summed E-state index contributed by atoms with van der Waals surface area (Å²) in [4.78, 5) is 18.4. The quantitative estimate of drug-likeness (QED) is 0.684. The summed E-state index contributed by atoms with van der Waals surface area (Å²) in [6.45, 7) is 0.166. The van der Waals surface area contributed by atoms with E-state index in [1.165, 1.54) is 4.90 Å². The molecule has 2 N–H and O–H groups in total. The number of amides is 1. The Morgan fingerprint density at radius 2 is 2.00 bits per heavy atom. The van der Waals surface area contributed by atoms with Crippen molar-refractivity contribution in [3.63, 3.8) is 0 Å². The lowest BCUT2D eigenvalue weighted by Crippen LogP contribution is -2.29. The first-order valence-electron chi connectivity index (χ1n) is 8.99. The number of aromatic nitrogens is 2. The highest BCUT2D eigenvalue weighted by Crippen LogP contribution is 2.19. The maximum absolute atomic E-state index is 12.5. The number of aliphatic hydroxyl groups excluding tert-OH is 1. The van der Waals surface area contributed by atoms with Crippen LogP contribution >= 0.6 is 0 Å². The lowest BCUT2D eigenvalue weighted by atomic mass is 10.1. The normalized spacial score (nSPS) is 18.2. The van der Waals surface area contributed by atoms with Crippen LogP contribution in [0.2, 0.25) is 0 Å². The number of fused-ring (bicyclic) bond motifs is 1. The van der Waals surface area contributed by atoms with Gasteiger partial charge < -0.3 is 10.4 Å². The van der Waals surface area contributed by atoms with Crippen molar-refractivity contribution in [2.24, 2.45) is 12.0 Å². The van der Waals surface area contributed by atoms with Crippen molar-refractivity contribution in [2.75, 3.05) is 13.6 Å². The molecule has 1 fully saturated rings. The minimum Gasteiger partial charge on any atom is -0.386 e. The number of rotatable bonds is 4. The molecule has 0 saturated carbocycles. The molecule has 3 aromatic rings. The Hall–Kier alpha value is -3.45. The van der Waals surface area contributed by atoms with E-state index in [-0.39, 0.29) is 12.5 Å². The molecule has 4 rings (SSSR count). The topological polar surface area (TPSA) is 82.8 Å². The van der Waals surface area contributed by atoms with E-state index in [4.69, 9.17) is 0 Å². The van der Waals surface area contributed by atoms with Gasteiger partial charge in [-0.2, -0.15) is 5.10 Å². The number of likely N-dealkylation sites (N-methyl/N-ethyl adjacent to an activating group) is 1. The molecule has 2 heterocycles. The Labute approximate surface area is 162 Å². The molecule has 1 unspecified atom stereocenters. The van der Waals surface area contributed by atoms with E-state index in [1.807, 2.05) is 60.3 Å². The van der Waals surface area contributed by atoms with Crippen LogP contribution in [-0.4, -0.2) is 45.2 Å². The number of nitrogens with zero attached hydrogens (tertiary/aromatic N) is 4. The molecule has 0 spiro atoms. The number of aliphatic hydroxyl groups is 1. The summed E-state index contributed by atoms with van der Waals surface area (Å²) < 4.78 is 1.81. The molecule has 1 aliphatic rings. The summed E-state index contributed by atoms with van der Waals surface area (Å²) in [6, 6.07) is 15.2. The molecule has 0 aliphatic carbocycles. The number of benzene rings is 2. The largest absolute Gasteiger partial charge is 0.386 e. The van der Waals surface area contributed by atoms with Crippen LogP contribution in [0.25, 0.3) is 17.0 Å². The predicted octanol–water partition coefficient (Wildman–Crippen LogP) is 2.07. The molecule has 1 amide bonds. The standard InChI is InChI=1S/C21H21N5O2/c1-25-20(28)17(11-14-8-9-18-16(10-14)12-23-26(18)2)24-21(25)22-13-19(27)15-6-4-3-5-7-15/h3-12,19,27H,13H2,1-2H3,(H,22,24)/b17-11-. The molecular weight excluding hydrogens is 354 g/mol. The van der Waals surface area contributed by atoms with Crippen molar-refractivity contribution >= 4 is 28.8 Å². The van der Waals surface area contributed by atoms with Gasteiger partial charge in [0, 0.05) is 19.5 Å². The molecule has 1 saturated heterocycles. The first-order valence-corrected chi connectivity index (χ1v) is 8.99. The van der Waals surface area contributed by atoms with Crippen molar-refractivity contribution in [3.8, 4) is 0 Å². The minimum atomic E-state index is -0.722. The summed E-state index contributed by atoms with van der Waals surface area (Å²) in [7, 11) is 3.55. The average Bonchev–Trinajstić information content (AvgIpc) is 3.21. The van der Waals surface area contributed by atoms with Crippen LogP contribution in [0.3, 0.4) is 0 Å². The first kappa shape index (κ1) is 17.9. The van der Waals surface area contributed by atoms with Gasteiger partial charge in [-0.05, 0) is 29.3 Å². The third-order valence-corrected chi connectivity index (χ3v) is 4.78. The third kappa shape index (κ3) is 3.39. The van der Waals surface area contributed by atoms with Gasteiger partial charge in [-0.25, -0.2) is 4.99 Å². The molecule has 7 heteroatoms. The Morgan fingerprint density at radius 3 is 2.79 bits per heavy atom. The van der Waals surface area contributed by atoms with Gasteiger partial charge in [-0.1, -0.05) is 36.4 Å². The summed E-state index contributed by atoms with van der Waals surface area (Å²) in [5, 5.41) is 18.6. The first-order chi connectivity index (χ1) is 13.5. The number of aryl methyl sites for hydroxylation is 1. The molecule has 7 nitrogen and oxygen atoms in total. The van der Waals surface area contributed by atoms with Crippen molar-refractivity contribution in [2.45, 2.75) is 6.10 Å². The lowest BCUT2D eigenvalue weighted by molar-refractivity contribution is -0.121. The maximum Gasteiger partial charge on any atom is 0.276 e. The zero-order chi connectivity index (χ0) is 19.7. The van der Waals surface area contributed by atoms with Crippen molar-refractivity contribution in [1.82, 2.24) is 20.0 Å². The van der Waals surface area contributed by atoms with Crippen LogP contribution in [0.1, 0.15) is 17.2 Å². The SMILES string of the molecule is CN1C(=O)/C(=C/c2ccc3c(cnn3C)c2)NC1=NCC(O)c1ccccc1. The van der Waals surface area contributed by atoms with Gasteiger partial charge >= 0.3 is 0 Å². The van der Waals surface area contributed by atoms with Gasteiger partial charge in [-0.15, -0.1) is 0 Å². The number of aliphatic imine (C=N–C) groups is 1.